The Morgan fingerprint density at radius 1 is 1.14 bits per heavy atom. The van der Waals surface area contributed by atoms with Gasteiger partial charge in [0.1, 0.15) is 0 Å². The maximum Gasteiger partial charge on any atom is 2.00 e. The maximum absolute atomic E-state index is 2.33. The normalized spacial score (nSPS) is 7.79. The second-order valence-electron chi connectivity index (χ2n) is 2.72. The van der Waals surface area contributed by atoms with Crippen LogP contribution < -0.4 is 18.6 Å². The fourth-order valence-electron chi connectivity index (χ4n) is 1.12. The van der Waals surface area contributed by atoms with Crippen molar-refractivity contribution in [2.24, 2.45) is 0 Å². The molecule has 0 aromatic heterocycles. The molecule has 0 spiro atoms. The number of rotatable bonds is 4. The van der Waals surface area contributed by atoms with Crippen molar-refractivity contribution in [1.82, 2.24) is 6.15 Å². The Morgan fingerprint density at radius 3 is 2.21 bits per heavy atom. The van der Waals surface area contributed by atoms with Gasteiger partial charge in [0.05, 0.1) is 0 Å². The van der Waals surface area contributed by atoms with Gasteiger partial charge in [0.15, 0.2) is 0 Å². The number of hydrogen-bond acceptors (Lipinski definition) is 1. The molecule has 76 valence electrons. The van der Waals surface area contributed by atoms with Crippen molar-refractivity contribution < 1.29 is 12.4 Å². The van der Waals surface area contributed by atoms with Gasteiger partial charge in [0, 0.05) is 0 Å². The van der Waals surface area contributed by atoms with Crippen LogP contribution in [0.1, 0.15) is 25.3 Å². The second-order valence-corrected chi connectivity index (χ2v) is 2.72. The number of halogens is 1. The molecule has 0 unspecified atom stereocenters. The van der Waals surface area contributed by atoms with Crippen molar-refractivity contribution in [3.05, 3.63) is 42.3 Å². The van der Waals surface area contributed by atoms with Gasteiger partial charge in [-0.1, -0.05) is 49.2 Å². The summed E-state index contributed by atoms with van der Waals surface area (Å²) in [6, 6.07) is 10.6. The third-order valence-corrected chi connectivity index (χ3v) is 1.77. The molecule has 0 heterocycles. The van der Waals surface area contributed by atoms with Gasteiger partial charge < -0.3 is 25.0 Å². The van der Waals surface area contributed by atoms with Crippen LogP contribution in [0.25, 0.3) is 0 Å². The van der Waals surface area contributed by atoms with Crippen LogP contribution in [0, 0.1) is 6.42 Å². The standard InChI is InChI=1S/C11H15.ClH.Mg.H3N/c1-2-3-5-8-11-9-6-4-7-10-11;;;/h3-4,6-7,9-10H,2,5,8H2,1H3;1H;;1H3/q-1;;+2;/p-1. The summed E-state index contributed by atoms with van der Waals surface area (Å²) in [4.78, 5) is 0. The van der Waals surface area contributed by atoms with Crippen LogP contribution in [0.5, 0.6) is 0 Å². The minimum atomic E-state index is 0. The first-order chi connectivity index (χ1) is 5.43. The first-order valence-corrected chi connectivity index (χ1v) is 4.29. The SMILES string of the molecule is CC[CH-]CCc1ccccc1.N.[Cl-].[Mg+2]. The van der Waals surface area contributed by atoms with Gasteiger partial charge in [0.2, 0.25) is 0 Å². The molecule has 0 saturated heterocycles. The fraction of sp³-hybridized carbons (Fsp3) is 0.364. The molecule has 0 radical (unpaired) electrons. The molecule has 14 heavy (non-hydrogen) atoms. The van der Waals surface area contributed by atoms with E-state index < -0.39 is 0 Å². The fourth-order valence-corrected chi connectivity index (χ4v) is 1.12. The molecule has 3 heteroatoms. The van der Waals surface area contributed by atoms with Gasteiger partial charge in [-0.25, -0.2) is 0 Å². The molecular formula is C11H18ClMgN. The van der Waals surface area contributed by atoms with Crippen LogP contribution in [0.15, 0.2) is 30.3 Å². The predicted octanol–water partition coefficient (Wildman–Crippen LogP) is 0.0187. The Kier molecular flexibility index (Phi) is 18.7. The Hall–Kier alpha value is 0.236. The molecule has 0 aliphatic heterocycles. The summed E-state index contributed by atoms with van der Waals surface area (Å²) < 4.78 is 0. The Morgan fingerprint density at radius 2 is 1.71 bits per heavy atom. The number of hydrogen-bond donors (Lipinski definition) is 1. The third-order valence-electron chi connectivity index (χ3n) is 1.77. The van der Waals surface area contributed by atoms with E-state index in [-0.39, 0.29) is 41.6 Å². The summed E-state index contributed by atoms with van der Waals surface area (Å²) in [6.45, 7) is 2.19. The molecule has 1 nitrogen and oxygen atoms in total. The second kappa shape index (κ2) is 13.2. The van der Waals surface area contributed by atoms with Gasteiger partial charge in [-0.3, -0.25) is 0 Å². The zero-order valence-corrected chi connectivity index (χ0v) is 11.0. The maximum atomic E-state index is 2.33. The Labute approximate surface area is 110 Å². The monoisotopic (exact) mass is 223 g/mol. The van der Waals surface area contributed by atoms with E-state index in [0.717, 1.165) is 0 Å². The Bertz CT molecular complexity index is 192. The molecule has 0 bridgehead atoms. The molecule has 0 amide bonds. The summed E-state index contributed by atoms with van der Waals surface area (Å²) in [7, 11) is 0. The molecule has 3 N–H and O–H groups in total. The molecule has 0 aliphatic carbocycles. The van der Waals surface area contributed by atoms with Crippen molar-refractivity contribution in [3.8, 4) is 0 Å². The van der Waals surface area contributed by atoms with Gasteiger partial charge >= 0.3 is 23.1 Å². The summed E-state index contributed by atoms with van der Waals surface area (Å²) in [5.74, 6) is 0. The molecule has 0 saturated carbocycles. The van der Waals surface area contributed by atoms with E-state index in [2.05, 4.69) is 43.7 Å². The third kappa shape index (κ3) is 8.82. The molecule has 0 atom stereocenters. The molecule has 1 aromatic carbocycles. The summed E-state index contributed by atoms with van der Waals surface area (Å²) in [6.07, 6.45) is 5.91. The van der Waals surface area contributed by atoms with Crippen molar-refractivity contribution >= 4 is 23.1 Å². The van der Waals surface area contributed by atoms with E-state index in [1.807, 2.05) is 0 Å². The predicted molar refractivity (Wildman–Crippen MR) is 60.1 cm³/mol. The minimum absolute atomic E-state index is 0. The van der Waals surface area contributed by atoms with Crippen molar-refractivity contribution in [3.63, 3.8) is 0 Å². The van der Waals surface area contributed by atoms with E-state index in [1.54, 1.807) is 0 Å². The van der Waals surface area contributed by atoms with Crippen molar-refractivity contribution in [1.29, 1.82) is 0 Å². The topological polar surface area (TPSA) is 35.0 Å². The molecule has 0 fully saturated rings. The number of aryl methyl sites for hydroxylation is 1. The van der Waals surface area contributed by atoms with Gasteiger partial charge in [-0.15, -0.1) is 0 Å². The average molecular weight is 224 g/mol. The number of unbranched alkanes of at least 4 members (excludes halogenated alkanes) is 2. The number of benzene rings is 1. The van der Waals surface area contributed by atoms with Crippen molar-refractivity contribution in [2.75, 3.05) is 0 Å². The molecular weight excluding hydrogens is 206 g/mol. The van der Waals surface area contributed by atoms with E-state index in [1.165, 1.54) is 24.8 Å². The smallest absolute Gasteiger partial charge is 1.00 e. The summed E-state index contributed by atoms with van der Waals surface area (Å²) >= 11 is 0. The van der Waals surface area contributed by atoms with Crippen LogP contribution in [-0.2, 0) is 6.42 Å². The zero-order valence-electron chi connectivity index (χ0n) is 8.88. The minimum Gasteiger partial charge on any atom is -1.00 e. The van der Waals surface area contributed by atoms with Crippen molar-refractivity contribution in [2.45, 2.75) is 26.2 Å². The van der Waals surface area contributed by atoms with E-state index in [9.17, 15) is 0 Å². The Balaban J connectivity index is -0.000000403. The quantitative estimate of drug-likeness (QED) is 0.436. The van der Waals surface area contributed by atoms with Crippen LogP contribution >= 0.6 is 0 Å². The van der Waals surface area contributed by atoms with Gasteiger partial charge in [0.25, 0.3) is 0 Å². The van der Waals surface area contributed by atoms with Crippen LogP contribution in [-0.4, -0.2) is 23.1 Å². The largest absolute Gasteiger partial charge is 2.00 e. The molecule has 1 aromatic rings. The molecule has 1 rings (SSSR count). The van der Waals surface area contributed by atoms with E-state index >= 15 is 0 Å². The first-order valence-electron chi connectivity index (χ1n) is 4.29. The van der Waals surface area contributed by atoms with Gasteiger partial charge in [-0.05, 0) is 0 Å². The van der Waals surface area contributed by atoms with E-state index in [4.69, 9.17) is 0 Å². The van der Waals surface area contributed by atoms with Crippen LogP contribution in [0.3, 0.4) is 0 Å². The van der Waals surface area contributed by atoms with Gasteiger partial charge in [-0.2, -0.15) is 12.8 Å². The molecule has 0 aliphatic rings. The van der Waals surface area contributed by atoms with Crippen LogP contribution in [0.4, 0.5) is 0 Å². The first kappa shape index (κ1) is 19.8. The average Bonchev–Trinajstić information content (AvgIpc) is 2.07. The van der Waals surface area contributed by atoms with E-state index in [0.29, 0.717) is 0 Å². The van der Waals surface area contributed by atoms with Crippen LogP contribution in [0.2, 0.25) is 0 Å². The zero-order chi connectivity index (χ0) is 7.94. The summed E-state index contributed by atoms with van der Waals surface area (Å²) in [5.41, 5.74) is 1.44. The summed E-state index contributed by atoms with van der Waals surface area (Å²) in [5, 5.41) is 0.